The van der Waals surface area contributed by atoms with E-state index in [0.29, 0.717) is 12.1 Å². The van der Waals surface area contributed by atoms with Crippen molar-refractivity contribution in [1.82, 2.24) is 15.2 Å². The third kappa shape index (κ3) is 3.11. The summed E-state index contributed by atoms with van der Waals surface area (Å²) in [6.07, 6.45) is 11.9. The Kier molecular flexibility index (Phi) is 5.05. The third-order valence-electron chi connectivity index (χ3n) is 7.35. The molecule has 0 unspecified atom stereocenters. The summed E-state index contributed by atoms with van der Waals surface area (Å²) in [6.45, 7) is 0.457. The molecule has 2 aliphatic carbocycles. The molecule has 2 aromatic rings. The van der Waals surface area contributed by atoms with Crippen molar-refractivity contribution in [2.75, 3.05) is 0 Å². The Morgan fingerprint density at radius 1 is 1.07 bits per heavy atom. The van der Waals surface area contributed by atoms with Crippen LogP contribution in [0.2, 0.25) is 0 Å². The van der Waals surface area contributed by atoms with Crippen LogP contribution in [0.3, 0.4) is 0 Å². The van der Waals surface area contributed by atoms with Crippen molar-refractivity contribution in [3.63, 3.8) is 0 Å². The smallest absolute Gasteiger partial charge is 0.254 e. The van der Waals surface area contributed by atoms with E-state index in [9.17, 15) is 9.59 Å². The molecule has 2 heterocycles. The number of nitrogens with zero attached hydrogens (tertiary/aromatic N) is 2. The molecular formula is C25H29N3O2. The second kappa shape index (κ2) is 7.86. The highest BCUT2D eigenvalue weighted by molar-refractivity contribution is 6.02. The van der Waals surface area contributed by atoms with Crippen LogP contribution in [0, 0.1) is 0 Å². The maximum absolute atomic E-state index is 13.7. The summed E-state index contributed by atoms with van der Waals surface area (Å²) in [5, 5.41) is 3.17. The van der Waals surface area contributed by atoms with Crippen molar-refractivity contribution in [3.05, 3.63) is 65.5 Å². The molecule has 2 saturated carbocycles. The molecule has 1 spiro atoms. The summed E-state index contributed by atoms with van der Waals surface area (Å²) in [7, 11) is 0. The van der Waals surface area contributed by atoms with E-state index >= 15 is 0 Å². The van der Waals surface area contributed by atoms with Crippen LogP contribution in [0.15, 0.2) is 48.8 Å². The molecule has 1 aromatic carbocycles. The van der Waals surface area contributed by atoms with Gasteiger partial charge in [-0.2, -0.15) is 0 Å². The van der Waals surface area contributed by atoms with Crippen molar-refractivity contribution in [1.29, 1.82) is 0 Å². The van der Waals surface area contributed by atoms with Crippen molar-refractivity contribution in [2.24, 2.45) is 0 Å². The molecule has 5 rings (SSSR count). The minimum Gasteiger partial charge on any atom is -0.351 e. The Morgan fingerprint density at radius 2 is 1.83 bits per heavy atom. The number of rotatable bonds is 4. The van der Waals surface area contributed by atoms with Gasteiger partial charge in [0.1, 0.15) is 0 Å². The topological polar surface area (TPSA) is 62.3 Å². The van der Waals surface area contributed by atoms with E-state index < -0.39 is 0 Å². The SMILES string of the molecule is O=C(NCc1cccnc1)[C@@H]1c2ccccc2C(=O)N(C2CCCC2)C12CCCC2. The predicted octanol–water partition coefficient (Wildman–Crippen LogP) is 4.19. The number of amides is 2. The molecule has 2 amide bonds. The Labute approximate surface area is 177 Å². The second-order valence-electron chi connectivity index (χ2n) is 9.02. The van der Waals surface area contributed by atoms with Crippen molar-refractivity contribution >= 4 is 11.8 Å². The molecule has 156 valence electrons. The first kappa shape index (κ1) is 19.3. The van der Waals surface area contributed by atoms with E-state index in [1.54, 1.807) is 12.4 Å². The maximum atomic E-state index is 13.7. The lowest BCUT2D eigenvalue weighted by Crippen LogP contribution is -2.63. The van der Waals surface area contributed by atoms with Gasteiger partial charge in [-0.25, -0.2) is 0 Å². The van der Waals surface area contributed by atoms with Gasteiger partial charge in [-0.05, 0) is 48.9 Å². The second-order valence-corrected chi connectivity index (χ2v) is 9.02. The molecule has 0 bridgehead atoms. The van der Waals surface area contributed by atoms with E-state index in [2.05, 4.69) is 15.2 Å². The number of aromatic nitrogens is 1. The number of hydrogen-bond donors (Lipinski definition) is 1. The molecule has 0 radical (unpaired) electrons. The molecule has 5 heteroatoms. The maximum Gasteiger partial charge on any atom is 0.254 e. The van der Waals surface area contributed by atoms with Crippen LogP contribution in [0.5, 0.6) is 0 Å². The fourth-order valence-electron chi connectivity index (χ4n) is 6.09. The molecular weight excluding hydrogens is 374 g/mol. The van der Waals surface area contributed by atoms with Gasteiger partial charge in [0.2, 0.25) is 5.91 Å². The van der Waals surface area contributed by atoms with Gasteiger partial charge in [0, 0.05) is 30.5 Å². The number of nitrogens with one attached hydrogen (secondary N) is 1. The van der Waals surface area contributed by atoms with Crippen LogP contribution in [0.1, 0.15) is 78.8 Å². The van der Waals surface area contributed by atoms with Crippen LogP contribution < -0.4 is 5.32 Å². The summed E-state index contributed by atoms with van der Waals surface area (Å²) in [6, 6.07) is 11.9. The fraction of sp³-hybridized carbons (Fsp3) is 0.480. The summed E-state index contributed by atoms with van der Waals surface area (Å²) in [5.74, 6) is -0.148. The van der Waals surface area contributed by atoms with Crippen molar-refractivity contribution in [3.8, 4) is 0 Å². The Hall–Kier alpha value is -2.69. The Morgan fingerprint density at radius 3 is 2.57 bits per heavy atom. The molecule has 1 atom stereocenters. The monoisotopic (exact) mass is 403 g/mol. The minimum atomic E-state index is -0.389. The van der Waals surface area contributed by atoms with Crippen molar-refractivity contribution in [2.45, 2.75) is 75.4 Å². The van der Waals surface area contributed by atoms with Gasteiger partial charge < -0.3 is 10.2 Å². The summed E-state index contributed by atoms with van der Waals surface area (Å²) in [5.41, 5.74) is 2.21. The van der Waals surface area contributed by atoms with Crippen LogP contribution in [-0.4, -0.2) is 33.3 Å². The van der Waals surface area contributed by atoms with E-state index in [1.165, 1.54) is 12.8 Å². The lowest BCUT2D eigenvalue weighted by atomic mass is 9.70. The highest BCUT2D eigenvalue weighted by Gasteiger charge is 2.57. The van der Waals surface area contributed by atoms with Gasteiger partial charge in [-0.3, -0.25) is 14.6 Å². The van der Waals surface area contributed by atoms with Crippen LogP contribution >= 0.6 is 0 Å². The molecule has 0 saturated heterocycles. The fourth-order valence-corrected chi connectivity index (χ4v) is 6.09. The molecule has 2 fully saturated rings. The Balaban J connectivity index is 1.55. The van der Waals surface area contributed by atoms with Gasteiger partial charge in [-0.1, -0.05) is 49.9 Å². The van der Waals surface area contributed by atoms with E-state index in [0.717, 1.165) is 49.7 Å². The first-order chi connectivity index (χ1) is 14.7. The van der Waals surface area contributed by atoms with Gasteiger partial charge in [0.05, 0.1) is 11.5 Å². The zero-order valence-electron chi connectivity index (χ0n) is 17.3. The lowest BCUT2D eigenvalue weighted by molar-refractivity contribution is -0.127. The van der Waals surface area contributed by atoms with Gasteiger partial charge >= 0.3 is 0 Å². The number of carbonyl (C=O) groups is 2. The van der Waals surface area contributed by atoms with E-state index in [1.807, 2.05) is 36.4 Å². The standard InChI is InChI=1S/C25H29N3O2/c29-23(27-17-18-8-7-15-26-16-18)22-20-11-3-4-12-21(20)24(30)28(19-9-1-2-10-19)25(22)13-5-6-14-25/h3-4,7-8,11-12,15-16,19,22H,1-2,5-6,9-10,13-14,17H2,(H,27,29)/t22-/m0/s1. The third-order valence-corrected chi connectivity index (χ3v) is 7.35. The van der Waals surface area contributed by atoms with Gasteiger partial charge in [0.25, 0.3) is 5.91 Å². The van der Waals surface area contributed by atoms with E-state index in [4.69, 9.17) is 0 Å². The average molecular weight is 404 g/mol. The van der Waals surface area contributed by atoms with Crippen molar-refractivity contribution < 1.29 is 9.59 Å². The molecule has 3 aliphatic rings. The first-order valence-corrected chi connectivity index (χ1v) is 11.3. The average Bonchev–Trinajstić information content (AvgIpc) is 3.47. The normalized spacial score (nSPS) is 23.0. The van der Waals surface area contributed by atoms with Crippen LogP contribution in [0.25, 0.3) is 0 Å². The summed E-state index contributed by atoms with van der Waals surface area (Å²) in [4.78, 5) is 33.7. The lowest BCUT2D eigenvalue weighted by Gasteiger charge is -2.52. The number of benzene rings is 1. The molecule has 5 nitrogen and oxygen atoms in total. The zero-order valence-corrected chi connectivity index (χ0v) is 17.3. The van der Waals surface area contributed by atoms with E-state index in [-0.39, 0.29) is 29.3 Å². The molecule has 1 aliphatic heterocycles. The summed E-state index contributed by atoms with van der Waals surface area (Å²) < 4.78 is 0. The number of pyridine rings is 1. The van der Waals surface area contributed by atoms with Crippen LogP contribution in [0.4, 0.5) is 0 Å². The highest BCUT2D eigenvalue weighted by atomic mass is 16.2. The number of carbonyl (C=O) groups excluding carboxylic acids is 2. The molecule has 1 N–H and O–H groups in total. The predicted molar refractivity (Wildman–Crippen MR) is 115 cm³/mol. The van der Waals surface area contributed by atoms with Gasteiger partial charge in [-0.15, -0.1) is 0 Å². The number of fused-ring (bicyclic) bond motifs is 1. The minimum absolute atomic E-state index is 0.0312. The first-order valence-electron chi connectivity index (χ1n) is 11.3. The largest absolute Gasteiger partial charge is 0.351 e. The van der Waals surface area contributed by atoms with Crippen LogP contribution in [-0.2, 0) is 11.3 Å². The number of hydrogen-bond acceptors (Lipinski definition) is 3. The summed E-state index contributed by atoms with van der Waals surface area (Å²) >= 11 is 0. The highest BCUT2D eigenvalue weighted by Crippen LogP contribution is 2.52. The van der Waals surface area contributed by atoms with Gasteiger partial charge in [0.15, 0.2) is 0 Å². The Bertz CT molecular complexity index is 930. The molecule has 1 aromatic heterocycles. The zero-order chi connectivity index (χ0) is 20.6. The quantitative estimate of drug-likeness (QED) is 0.832. The molecule has 30 heavy (non-hydrogen) atoms.